The maximum absolute atomic E-state index is 5.38. The van der Waals surface area contributed by atoms with E-state index >= 15 is 0 Å². The number of nitrogens with one attached hydrogen (secondary N) is 1. The molecule has 20 heavy (non-hydrogen) atoms. The van der Waals surface area contributed by atoms with Crippen molar-refractivity contribution in [3.63, 3.8) is 0 Å². The normalized spacial score (nSPS) is 18.2. The number of rotatable bonds is 6. The van der Waals surface area contributed by atoms with Crippen molar-refractivity contribution in [1.29, 1.82) is 0 Å². The summed E-state index contributed by atoms with van der Waals surface area (Å²) < 4.78 is 5.38. The molecule has 1 N–H and O–H groups in total. The molecule has 0 amide bonds. The van der Waals surface area contributed by atoms with Crippen molar-refractivity contribution in [2.24, 2.45) is 5.92 Å². The van der Waals surface area contributed by atoms with Gasteiger partial charge < -0.3 is 10.1 Å². The SMILES string of the molecule is CC(C)CC(C)Nc1ccc(CN2CCOCC2)cc1. The Hall–Kier alpha value is -1.06. The lowest BCUT2D eigenvalue weighted by Gasteiger charge is -2.26. The molecule has 1 unspecified atom stereocenters. The Morgan fingerprint density at radius 1 is 1.10 bits per heavy atom. The van der Waals surface area contributed by atoms with E-state index in [1.54, 1.807) is 0 Å². The molecule has 1 fully saturated rings. The first-order chi connectivity index (χ1) is 9.63. The summed E-state index contributed by atoms with van der Waals surface area (Å²) in [6.45, 7) is 11.6. The summed E-state index contributed by atoms with van der Waals surface area (Å²) in [7, 11) is 0. The van der Waals surface area contributed by atoms with Crippen molar-refractivity contribution in [2.45, 2.75) is 39.8 Å². The molecular weight excluding hydrogens is 248 g/mol. The van der Waals surface area contributed by atoms with E-state index in [4.69, 9.17) is 4.74 Å². The first-order valence-corrected chi connectivity index (χ1v) is 7.79. The number of ether oxygens (including phenoxy) is 1. The second-order valence-electron chi connectivity index (χ2n) is 6.26. The van der Waals surface area contributed by atoms with E-state index in [1.165, 1.54) is 17.7 Å². The molecule has 1 aromatic carbocycles. The van der Waals surface area contributed by atoms with Crippen LogP contribution in [0.4, 0.5) is 5.69 Å². The fourth-order valence-corrected chi connectivity index (χ4v) is 2.77. The van der Waals surface area contributed by atoms with Crippen LogP contribution in [0.3, 0.4) is 0 Å². The number of anilines is 1. The van der Waals surface area contributed by atoms with Gasteiger partial charge in [-0.2, -0.15) is 0 Å². The molecule has 0 aliphatic carbocycles. The maximum Gasteiger partial charge on any atom is 0.0594 e. The zero-order chi connectivity index (χ0) is 14.4. The highest BCUT2D eigenvalue weighted by Gasteiger charge is 2.10. The van der Waals surface area contributed by atoms with Crippen LogP contribution in [0.25, 0.3) is 0 Å². The smallest absolute Gasteiger partial charge is 0.0594 e. The molecule has 0 bridgehead atoms. The number of nitrogens with zero attached hydrogens (tertiary/aromatic N) is 1. The lowest BCUT2D eigenvalue weighted by Crippen LogP contribution is -2.35. The highest BCUT2D eigenvalue weighted by molar-refractivity contribution is 5.45. The molecule has 1 saturated heterocycles. The van der Waals surface area contributed by atoms with Gasteiger partial charge in [0.2, 0.25) is 0 Å². The summed E-state index contributed by atoms with van der Waals surface area (Å²) >= 11 is 0. The van der Waals surface area contributed by atoms with E-state index < -0.39 is 0 Å². The largest absolute Gasteiger partial charge is 0.383 e. The van der Waals surface area contributed by atoms with Crippen LogP contribution in [0.1, 0.15) is 32.8 Å². The van der Waals surface area contributed by atoms with Gasteiger partial charge >= 0.3 is 0 Å². The summed E-state index contributed by atoms with van der Waals surface area (Å²) in [6, 6.07) is 9.40. The van der Waals surface area contributed by atoms with Crippen molar-refractivity contribution in [1.82, 2.24) is 4.90 Å². The lowest BCUT2D eigenvalue weighted by atomic mass is 10.0. The fourth-order valence-electron chi connectivity index (χ4n) is 2.77. The van der Waals surface area contributed by atoms with Gasteiger partial charge in [0.25, 0.3) is 0 Å². The summed E-state index contributed by atoms with van der Waals surface area (Å²) in [4.78, 5) is 2.45. The summed E-state index contributed by atoms with van der Waals surface area (Å²) in [5, 5.41) is 3.57. The van der Waals surface area contributed by atoms with Crippen LogP contribution in [-0.2, 0) is 11.3 Å². The molecular formula is C17H28N2O. The van der Waals surface area contributed by atoms with Gasteiger partial charge in [-0.3, -0.25) is 4.90 Å². The molecule has 2 rings (SSSR count). The van der Waals surface area contributed by atoms with Crippen molar-refractivity contribution < 1.29 is 4.74 Å². The van der Waals surface area contributed by atoms with Crippen molar-refractivity contribution in [2.75, 3.05) is 31.6 Å². The monoisotopic (exact) mass is 276 g/mol. The fraction of sp³-hybridized carbons (Fsp3) is 0.647. The van der Waals surface area contributed by atoms with Crippen LogP contribution < -0.4 is 5.32 Å². The van der Waals surface area contributed by atoms with Gasteiger partial charge in [0, 0.05) is 31.4 Å². The van der Waals surface area contributed by atoms with Gasteiger partial charge in [0.15, 0.2) is 0 Å². The lowest BCUT2D eigenvalue weighted by molar-refractivity contribution is 0.0342. The number of hydrogen-bond acceptors (Lipinski definition) is 3. The van der Waals surface area contributed by atoms with E-state index in [0.717, 1.165) is 38.8 Å². The number of benzene rings is 1. The highest BCUT2D eigenvalue weighted by atomic mass is 16.5. The third kappa shape index (κ3) is 5.14. The standard InChI is InChI=1S/C17H28N2O/c1-14(2)12-15(3)18-17-6-4-16(5-7-17)13-19-8-10-20-11-9-19/h4-7,14-15,18H,8-13H2,1-3H3. The maximum atomic E-state index is 5.38. The van der Waals surface area contributed by atoms with Crippen molar-refractivity contribution in [3.05, 3.63) is 29.8 Å². The molecule has 1 atom stereocenters. The van der Waals surface area contributed by atoms with Crippen LogP contribution >= 0.6 is 0 Å². The zero-order valence-electron chi connectivity index (χ0n) is 13.1. The van der Waals surface area contributed by atoms with E-state index in [-0.39, 0.29) is 0 Å². The van der Waals surface area contributed by atoms with Gasteiger partial charge in [0.05, 0.1) is 13.2 Å². The third-order valence-electron chi connectivity index (χ3n) is 3.70. The number of morpholine rings is 1. The van der Waals surface area contributed by atoms with Crippen LogP contribution in [0, 0.1) is 5.92 Å². The second-order valence-corrected chi connectivity index (χ2v) is 6.26. The average molecular weight is 276 g/mol. The summed E-state index contributed by atoms with van der Waals surface area (Å²) in [5.74, 6) is 0.734. The zero-order valence-corrected chi connectivity index (χ0v) is 13.1. The molecule has 1 aliphatic heterocycles. The van der Waals surface area contributed by atoms with Gasteiger partial charge in [-0.15, -0.1) is 0 Å². The minimum atomic E-state index is 0.528. The van der Waals surface area contributed by atoms with Crippen LogP contribution in [-0.4, -0.2) is 37.2 Å². The molecule has 0 spiro atoms. The van der Waals surface area contributed by atoms with Gasteiger partial charge in [-0.05, 0) is 37.0 Å². The molecule has 3 nitrogen and oxygen atoms in total. The van der Waals surface area contributed by atoms with E-state index in [0.29, 0.717) is 6.04 Å². The molecule has 0 aromatic heterocycles. The van der Waals surface area contributed by atoms with E-state index in [9.17, 15) is 0 Å². The predicted molar refractivity (Wildman–Crippen MR) is 85.1 cm³/mol. The Morgan fingerprint density at radius 2 is 1.75 bits per heavy atom. The molecule has 0 radical (unpaired) electrons. The highest BCUT2D eigenvalue weighted by Crippen LogP contribution is 2.15. The Balaban J connectivity index is 1.82. The van der Waals surface area contributed by atoms with Gasteiger partial charge in [-0.1, -0.05) is 26.0 Å². The molecule has 1 aliphatic rings. The third-order valence-corrected chi connectivity index (χ3v) is 3.70. The Kier molecular flexibility index (Phi) is 5.86. The van der Waals surface area contributed by atoms with Crippen LogP contribution in [0.15, 0.2) is 24.3 Å². The molecule has 3 heteroatoms. The van der Waals surface area contributed by atoms with Crippen LogP contribution in [0.2, 0.25) is 0 Å². The molecule has 1 aromatic rings. The summed E-state index contributed by atoms with van der Waals surface area (Å²) in [6.07, 6.45) is 1.20. The molecule has 1 heterocycles. The van der Waals surface area contributed by atoms with E-state index in [2.05, 4.69) is 55.3 Å². The van der Waals surface area contributed by atoms with Gasteiger partial charge in [0.1, 0.15) is 0 Å². The Morgan fingerprint density at radius 3 is 2.35 bits per heavy atom. The quantitative estimate of drug-likeness (QED) is 0.862. The van der Waals surface area contributed by atoms with Crippen LogP contribution in [0.5, 0.6) is 0 Å². The Labute approximate surface area is 123 Å². The summed E-state index contributed by atoms with van der Waals surface area (Å²) in [5.41, 5.74) is 2.61. The van der Waals surface area contributed by atoms with Crippen molar-refractivity contribution >= 4 is 5.69 Å². The average Bonchev–Trinajstić information content (AvgIpc) is 2.41. The topological polar surface area (TPSA) is 24.5 Å². The number of hydrogen-bond donors (Lipinski definition) is 1. The van der Waals surface area contributed by atoms with Gasteiger partial charge in [-0.25, -0.2) is 0 Å². The van der Waals surface area contributed by atoms with E-state index in [1.807, 2.05) is 0 Å². The first-order valence-electron chi connectivity index (χ1n) is 7.79. The van der Waals surface area contributed by atoms with Crippen molar-refractivity contribution in [3.8, 4) is 0 Å². The second kappa shape index (κ2) is 7.65. The minimum absolute atomic E-state index is 0.528. The molecule has 0 saturated carbocycles. The predicted octanol–water partition coefficient (Wildman–Crippen LogP) is 3.37. The molecule has 112 valence electrons. The Bertz CT molecular complexity index is 382. The minimum Gasteiger partial charge on any atom is -0.383 e. The first kappa shape index (κ1) is 15.3.